The number of carboxylic acids is 1. The van der Waals surface area contributed by atoms with Gasteiger partial charge in [-0.15, -0.1) is 0 Å². The molecular weight excluding hydrogens is 452 g/mol. The summed E-state index contributed by atoms with van der Waals surface area (Å²) < 4.78 is 0. The average molecular weight is 493 g/mol. The standard InChI is InChI=1S/C27H40O8/c1-14(4-7-23(34)35)16-5-6-17-24-18(10-22(33)25(16,17)2)26(3)15(9-21(24)32)8-20(31)19(11-28)27(26,12-29)13-30/h11-22,24,31-33H,4-10H2,1-3H3,(H,34,35)/t14-,15+,16-,17+,18+,19?,20+,21-,22+,24+,25-,26+/m1/s1. The molecular formula is C27H40O8. The molecule has 0 aromatic heterocycles. The fraction of sp³-hybridized carbons (Fsp3) is 0.852. The van der Waals surface area contributed by atoms with Crippen molar-refractivity contribution in [1.29, 1.82) is 0 Å². The predicted octanol–water partition coefficient (Wildman–Crippen LogP) is 1.87. The average Bonchev–Trinajstić information content (AvgIpc) is 3.17. The first kappa shape index (κ1) is 26.4. The van der Waals surface area contributed by atoms with Gasteiger partial charge in [-0.05, 0) is 84.9 Å². The summed E-state index contributed by atoms with van der Waals surface area (Å²) >= 11 is 0. The third kappa shape index (κ3) is 3.42. The number of fused-ring (bicyclic) bond motifs is 5. The Hall–Kier alpha value is -1.64. The van der Waals surface area contributed by atoms with Gasteiger partial charge < -0.3 is 34.8 Å². The summed E-state index contributed by atoms with van der Waals surface area (Å²) in [4.78, 5) is 48.4. The van der Waals surface area contributed by atoms with Crippen molar-refractivity contribution in [1.82, 2.24) is 0 Å². The lowest BCUT2D eigenvalue weighted by Crippen LogP contribution is -2.70. The molecule has 8 heteroatoms. The molecule has 4 N–H and O–H groups in total. The van der Waals surface area contributed by atoms with E-state index in [9.17, 15) is 34.5 Å². The molecule has 0 aromatic carbocycles. The van der Waals surface area contributed by atoms with E-state index < -0.39 is 46.4 Å². The number of aliphatic hydroxyl groups is 3. The number of carbonyl (C=O) groups excluding carboxylic acids is 3. The summed E-state index contributed by atoms with van der Waals surface area (Å²) in [6.45, 7) is 5.94. The second kappa shape index (κ2) is 9.03. The van der Waals surface area contributed by atoms with Crippen LogP contribution in [0, 0.1) is 57.7 Å². The Balaban J connectivity index is 1.76. The first-order valence-corrected chi connectivity index (χ1v) is 13.1. The third-order valence-electron chi connectivity index (χ3n) is 11.6. The maximum Gasteiger partial charge on any atom is 0.303 e. The van der Waals surface area contributed by atoms with Crippen LogP contribution in [0.1, 0.15) is 65.7 Å². The third-order valence-corrected chi connectivity index (χ3v) is 11.6. The number of aliphatic hydroxyl groups excluding tert-OH is 3. The van der Waals surface area contributed by atoms with Crippen LogP contribution >= 0.6 is 0 Å². The van der Waals surface area contributed by atoms with Crippen LogP contribution in [0.5, 0.6) is 0 Å². The lowest BCUT2D eigenvalue weighted by atomic mass is 9.36. The van der Waals surface area contributed by atoms with Gasteiger partial charge in [-0.1, -0.05) is 20.8 Å². The number of hydrogen-bond donors (Lipinski definition) is 4. The fourth-order valence-electron chi connectivity index (χ4n) is 9.69. The summed E-state index contributed by atoms with van der Waals surface area (Å²) in [5.41, 5.74) is -3.23. The van der Waals surface area contributed by atoms with Crippen molar-refractivity contribution in [3.63, 3.8) is 0 Å². The monoisotopic (exact) mass is 492 g/mol. The van der Waals surface area contributed by atoms with E-state index in [2.05, 4.69) is 6.92 Å². The molecule has 0 radical (unpaired) electrons. The van der Waals surface area contributed by atoms with Gasteiger partial charge in [0.1, 0.15) is 18.9 Å². The number of aliphatic carboxylic acids is 1. The van der Waals surface area contributed by atoms with Crippen molar-refractivity contribution >= 4 is 24.8 Å². The normalized spacial score (nSPS) is 49.1. The number of carboxylic acid groups (broad SMARTS) is 1. The molecule has 12 atom stereocenters. The largest absolute Gasteiger partial charge is 0.481 e. The quantitative estimate of drug-likeness (QED) is 0.311. The minimum atomic E-state index is -1.72. The van der Waals surface area contributed by atoms with Gasteiger partial charge >= 0.3 is 5.97 Å². The second-order valence-corrected chi connectivity index (χ2v) is 12.4. The Labute approximate surface area is 206 Å². The molecule has 4 aliphatic carbocycles. The van der Waals surface area contributed by atoms with Crippen molar-refractivity contribution in [3.05, 3.63) is 0 Å². The smallest absolute Gasteiger partial charge is 0.303 e. The maximum absolute atomic E-state index is 12.6. The molecule has 0 spiro atoms. The van der Waals surface area contributed by atoms with Crippen molar-refractivity contribution in [2.45, 2.75) is 84.0 Å². The van der Waals surface area contributed by atoms with Crippen molar-refractivity contribution < 1.29 is 39.6 Å². The van der Waals surface area contributed by atoms with E-state index in [1.807, 2.05) is 13.8 Å². The topological polar surface area (TPSA) is 149 Å². The van der Waals surface area contributed by atoms with E-state index in [1.165, 1.54) is 0 Å². The molecule has 0 saturated heterocycles. The SMILES string of the molecule is C[C@H](CCC(=O)O)[C@H]1CC[C@H]2[C@@H]3[C@H](O)C[C@@H]4C[C@H](O)C(C=O)C(C=O)(C=O)[C@]4(C)[C@H]3C[C@H](O)[C@]12C. The number of carbonyl (C=O) groups is 4. The molecule has 4 rings (SSSR count). The first-order valence-electron chi connectivity index (χ1n) is 13.1. The Morgan fingerprint density at radius 3 is 2.17 bits per heavy atom. The van der Waals surface area contributed by atoms with Crippen LogP contribution in [0.2, 0.25) is 0 Å². The van der Waals surface area contributed by atoms with Crippen LogP contribution in [0.25, 0.3) is 0 Å². The van der Waals surface area contributed by atoms with Crippen LogP contribution in [0.3, 0.4) is 0 Å². The molecule has 0 aromatic rings. The van der Waals surface area contributed by atoms with Crippen LogP contribution in [-0.2, 0) is 19.2 Å². The summed E-state index contributed by atoms with van der Waals surface area (Å²) in [7, 11) is 0. The molecule has 0 bridgehead atoms. The van der Waals surface area contributed by atoms with E-state index in [-0.39, 0.29) is 54.8 Å². The zero-order chi connectivity index (χ0) is 25.9. The van der Waals surface area contributed by atoms with Gasteiger partial charge in [0.05, 0.1) is 29.6 Å². The van der Waals surface area contributed by atoms with Gasteiger partial charge in [0.15, 0.2) is 0 Å². The predicted molar refractivity (Wildman–Crippen MR) is 125 cm³/mol. The molecule has 0 heterocycles. The lowest BCUT2D eigenvalue weighted by molar-refractivity contribution is -0.243. The number of hydrogen-bond acceptors (Lipinski definition) is 7. The molecule has 4 fully saturated rings. The summed E-state index contributed by atoms with van der Waals surface area (Å²) in [5, 5.41) is 43.0. The summed E-state index contributed by atoms with van der Waals surface area (Å²) in [6.07, 6.45) is 1.99. The minimum absolute atomic E-state index is 0.0566. The van der Waals surface area contributed by atoms with E-state index in [0.717, 1.165) is 12.8 Å². The van der Waals surface area contributed by atoms with Gasteiger partial charge in [0.2, 0.25) is 0 Å². The molecule has 1 unspecified atom stereocenters. The summed E-state index contributed by atoms with van der Waals surface area (Å²) in [6, 6.07) is 0. The van der Waals surface area contributed by atoms with E-state index in [1.54, 1.807) is 0 Å². The first-order chi connectivity index (χ1) is 16.4. The van der Waals surface area contributed by atoms with Gasteiger partial charge in [-0.3, -0.25) is 4.79 Å². The van der Waals surface area contributed by atoms with Gasteiger partial charge in [0.25, 0.3) is 0 Å². The Morgan fingerprint density at radius 2 is 1.60 bits per heavy atom. The zero-order valence-electron chi connectivity index (χ0n) is 20.9. The fourth-order valence-corrected chi connectivity index (χ4v) is 9.69. The van der Waals surface area contributed by atoms with E-state index in [4.69, 9.17) is 5.11 Å². The van der Waals surface area contributed by atoms with Crippen LogP contribution in [-0.4, -0.2) is 63.6 Å². The number of aldehydes is 3. The van der Waals surface area contributed by atoms with Crippen molar-refractivity contribution in [2.24, 2.45) is 57.7 Å². The number of rotatable bonds is 7. The maximum atomic E-state index is 12.6. The minimum Gasteiger partial charge on any atom is -0.481 e. The van der Waals surface area contributed by atoms with Crippen molar-refractivity contribution in [3.8, 4) is 0 Å². The highest BCUT2D eigenvalue weighted by atomic mass is 16.4. The molecule has 196 valence electrons. The zero-order valence-corrected chi connectivity index (χ0v) is 20.9. The van der Waals surface area contributed by atoms with Crippen LogP contribution in [0.15, 0.2) is 0 Å². The Bertz CT molecular complexity index is 865. The van der Waals surface area contributed by atoms with Gasteiger partial charge in [0, 0.05) is 6.42 Å². The second-order valence-electron chi connectivity index (χ2n) is 12.4. The van der Waals surface area contributed by atoms with Crippen molar-refractivity contribution in [2.75, 3.05) is 0 Å². The lowest BCUT2D eigenvalue weighted by Gasteiger charge is -2.67. The highest BCUT2D eigenvalue weighted by molar-refractivity contribution is 5.90. The Kier molecular flexibility index (Phi) is 6.82. The highest BCUT2D eigenvalue weighted by Crippen LogP contribution is 2.71. The van der Waals surface area contributed by atoms with Gasteiger partial charge in [-0.25, -0.2) is 0 Å². The van der Waals surface area contributed by atoms with Crippen LogP contribution < -0.4 is 0 Å². The molecule has 4 saturated carbocycles. The molecule has 0 amide bonds. The van der Waals surface area contributed by atoms with Gasteiger partial charge in [-0.2, -0.15) is 0 Å². The van der Waals surface area contributed by atoms with E-state index in [0.29, 0.717) is 31.7 Å². The summed E-state index contributed by atoms with van der Waals surface area (Å²) in [5.74, 6) is -2.85. The molecule has 35 heavy (non-hydrogen) atoms. The highest BCUT2D eigenvalue weighted by Gasteiger charge is 2.72. The van der Waals surface area contributed by atoms with Crippen LogP contribution in [0.4, 0.5) is 0 Å². The molecule has 8 nitrogen and oxygen atoms in total. The van der Waals surface area contributed by atoms with E-state index >= 15 is 0 Å². The molecule has 4 aliphatic rings. The molecule has 0 aliphatic heterocycles. The Morgan fingerprint density at radius 1 is 0.971 bits per heavy atom.